The first-order valence-corrected chi connectivity index (χ1v) is 15.5. The Bertz CT molecular complexity index is 920. The molecule has 184 valence electrons. The maximum absolute atomic E-state index is 6.37. The molecule has 0 spiro atoms. The summed E-state index contributed by atoms with van der Waals surface area (Å²) in [6.45, 7) is 22.6. The summed E-state index contributed by atoms with van der Waals surface area (Å²) in [5.74, 6) is 1.52. The van der Waals surface area contributed by atoms with E-state index in [0.717, 1.165) is 35.5 Å². The molecule has 0 N–H and O–H groups in total. The molecule has 0 amide bonds. The predicted molar refractivity (Wildman–Crippen MR) is 152 cm³/mol. The van der Waals surface area contributed by atoms with Crippen LogP contribution in [0.1, 0.15) is 93.2 Å². The van der Waals surface area contributed by atoms with Gasteiger partial charge in [-0.3, -0.25) is 0 Å². The number of rotatable bonds is 8. The molecule has 0 unspecified atom stereocenters. The zero-order chi connectivity index (χ0) is 25.3. The molecule has 0 aliphatic heterocycles. The molecule has 0 saturated heterocycles. The van der Waals surface area contributed by atoms with Gasteiger partial charge in [0.1, 0.15) is 11.5 Å². The molecule has 0 aliphatic carbocycles. The SMILES string of the molecule is CC(C)(C)CC(C)(C)c1ccccc1OP(=S)(S)Oc1ccccc1C(C)(C)CC(C)(C)C. The highest BCUT2D eigenvalue weighted by Gasteiger charge is 2.33. The van der Waals surface area contributed by atoms with Crippen molar-refractivity contribution in [2.45, 2.75) is 92.9 Å². The molecule has 2 aromatic carbocycles. The Hall–Kier alpha value is -0.960. The van der Waals surface area contributed by atoms with E-state index in [9.17, 15) is 0 Å². The van der Waals surface area contributed by atoms with Gasteiger partial charge in [-0.2, -0.15) is 0 Å². The quantitative estimate of drug-likeness (QED) is 0.284. The third-order valence-corrected chi connectivity index (χ3v) is 7.40. The van der Waals surface area contributed by atoms with Gasteiger partial charge in [-0.15, -0.1) is 0 Å². The Morgan fingerprint density at radius 2 is 0.939 bits per heavy atom. The Morgan fingerprint density at radius 3 is 1.24 bits per heavy atom. The number of thiol groups is 1. The molecular weight excluding hydrogens is 463 g/mol. The van der Waals surface area contributed by atoms with Crippen molar-refractivity contribution < 1.29 is 9.05 Å². The molecule has 0 fully saturated rings. The van der Waals surface area contributed by atoms with E-state index in [2.05, 4.69) is 93.5 Å². The van der Waals surface area contributed by atoms with Crippen LogP contribution in [0.4, 0.5) is 0 Å². The van der Waals surface area contributed by atoms with Crippen LogP contribution >= 0.6 is 17.9 Å². The number of benzene rings is 2. The molecule has 2 rings (SSSR count). The van der Waals surface area contributed by atoms with Crippen molar-refractivity contribution in [3.8, 4) is 11.5 Å². The van der Waals surface area contributed by atoms with E-state index >= 15 is 0 Å². The average Bonchev–Trinajstić information content (AvgIpc) is 2.57. The minimum Gasteiger partial charge on any atom is -0.428 e. The Morgan fingerprint density at radius 1 is 0.636 bits per heavy atom. The normalized spacial score (nSPS) is 13.7. The minimum absolute atomic E-state index is 0.0788. The van der Waals surface area contributed by atoms with Gasteiger partial charge in [-0.05, 0) is 58.4 Å². The highest BCUT2D eigenvalue weighted by atomic mass is 32.9. The molecule has 2 aromatic rings. The zero-order valence-electron chi connectivity index (χ0n) is 22.2. The van der Waals surface area contributed by atoms with Crippen LogP contribution in [0.2, 0.25) is 0 Å². The van der Waals surface area contributed by atoms with E-state index in [0.29, 0.717) is 0 Å². The molecule has 0 radical (unpaired) electrons. The molecule has 0 heterocycles. The Labute approximate surface area is 213 Å². The molecule has 0 bridgehead atoms. The molecule has 0 aromatic heterocycles. The summed E-state index contributed by atoms with van der Waals surface area (Å²) in [4.78, 5) is 0. The second-order valence-electron chi connectivity index (χ2n) is 12.9. The summed E-state index contributed by atoms with van der Waals surface area (Å²) in [5, 5.41) is 0. The maximum Gasteiger partial charge on any atom is 0.345 e. The third-order valence-electron chi connectivity index (χ3n) is 5.60. The van der Waals surface area contributed by atoms with E-state index in [1.165, 1.54) is 0 Å². The fraction of sp³-hybridized carbons (Fsp3) is 0.571. The molecule has 5 heteroatoms. The van der Waals surface area contributed by atoms with Crippen LogP contribution in [0.15, 0.2) is 48.5 Å². The van der Waals surface area contributed by atoms with Gasteiger partial charge in [0.25, 0.3) is 0 Å². The van der Waals surface area contributed by atoms with E-state index < -0.39 is 5.69 Å². The van der Waals surface area contributed by atoms with E-state index in [4.69, 9.17) is 33.1 Å². The van der Waals surface area contributed by atoms with Crippen LogP contribution in [0, 0.1) is 10.8 Å². The first-order valence-electron chi connectivity index (χ1n) is 11.7. The van der Waals surface area contributed by atoms with Crippen LogP contribution in [-0.4, -0.2) is 0 Å². The summed E-state index contributed by atoms with van der Waals surface area (Å²) in [7, 11) is 0. The molecule has 0 aliphatic rings. The molecule has 2 nitrogen and oxygen atoms in total. The maximum atomic E-state index is 6.37. The first-order chi connectivity index (χ1) is 14.8. The van der Waals surface area contributed by atoms with Gasteiger partial charge < -0.3 is 9.05 Å². The van der Waals surface area contributed by atoms with Gasteiger partial charge in [0.2, 0.25) is 0 Å². The average molecular weight is 507 g/mol. The fourth-order valence-corrected chi connectivity index (χ4v) is 7.18. The second kappa shape index (κ2) is 9.96. The number of para-hydroxylation sites is 2. The summed E-state index contributed by atoms with van der Waals surface area (Å²) >= 11 is 10.6. The Kier molecular flexibility index (Phi) is 8.53. The monoisotopic (exact) mass is 506 g/mol. The minimum atomic E-state index is -2.90. The predicted octanol–water partition coefficient (Wildman–Crippen LogP) is 9.73. The van der Waals surface area contributed by atoms with Crippen molar-refractivity contribution in [1.29, 1.82) is 0 Å². The van der Waals surface area contributed by atoms with Crippen LogP contribution in [-0.2, 0) is 22.6 Å². The molecule has 33 heavy (non-hydrogen) atoms. The smallest absolute Gasteiger partial charge is 0.345 e. The van der Waals surface area contributed by atoms with Crippen molar-refractivity contribution in [1.82, 2.24) is 0 Å². The van der Waals surface area contributed by atoms with Crippen molar-refractivity contribution in [3.63, 3.8) is 0 Å². The first kappa shape index (κ1) is 28.3. The lowest BCUT2D eigenvalue weighted by atomic mass is 9.72. The van der Waals surface area contributed by atoms with Crippen LogP contribution < -0.4 is 9.05 Å². The molecule has 0 atom stereocenters. The van der Waals surface area contributed by atoms with Crippen molar-refractivity contribution in [3.05, 3.63) is 59.7 Å². The Balaban J connectivity index is 2.37. The molecule has 0 saturated carbocycles. The largest absolute Gasteiger partial charge is 0.428 e. The van der Waals surface area contributed by atoms with E-state index in [1.54, 1.807) is 0 Å². The highest BCUT2D eigenvalue weighted by Crippen LogP contribution is 2.56. The zero-order valence-corrected chi connectivity index (χ0v) is 24.8. The fourth-order valence-electron chi connectivity index (χ4n) is 5.32. The van der Waals surface area contributed by atoms with Crippen LogP contribution in [0.5, 0.6) is 11.5 Å². The van der Waals surface area contributed by atoms with E-state index in [1.807, 2.05) is 24.3 Å². The van der Waals surface area contributed by atoms with Gasteiger partial charge in [0.15, 0.2) is 0 Å². The lowest BCUT2D eigenvalue weighted by Gasteiger charge is -2.35. The van der Waals surface area contributed by atoms with Gasteiger partial charge in [0.05, 0.1) is 0 Å². The van der Waals surface area contributed by atoms with Crippen LogP contribution in [0.25, 0.3) is 0 Å². The third kappa shape index (κ3) is 8.64. The van der Waals surface area contributed by atoms with Gasteiger partial charge in [-0.1, -0.05) is 118 Å². The molecular formula is C28H43O2PS2. The standard InChI is InChI=1S/C28H43O2PS2/c1-25(2,3)19-27(7,8)21-15-11-13-17-23(21)29-31(32,33)30-24-18-14-12-16-22(24)28(9,10)20-26(4,5)6/h11-18H,19-20H2,1-10H3,(H,32,33). The highest BCUT2D eigenvalue weighted by molar-refractivity contribution is 8.60. The van der Waals surface area contributed by atoms with Gasteiger partial charge >= 0.3 is 5.69 Å². The number of hydrogen-bond donors (Lipinski definition) is 1. The van der Waals surface area contributed by atoms with Crippen molar-refractivity contribution in [2.75, 3.05) is 0 Å². The lowest BCUT2D eigenvalue weighted by Crippen LogP contribution is -2.25. The summed E-state index contributed by atoms with van der Waals surface area (Å²) in [5.41, 5.74) is -0.424. The topological polar surface area (TPSA) is 18.5 Å². The summed E-state index contributed by atoms with van der Waals surface area (Å²) < 4.78 is 12.7. The van der Waals surface area contributed by atoms with Crippen molar-refractivity contribution in [2.24, 2.45) is 10.8 Å². The van der Waals surface area contributed by atoms with Crippen molar-refractivity contribution >= 4 is 29.7 Å². The second-order valence-corrected chi connectivity index (χ2v) is 18.0. The summed E-state index contributed by atoms with van der Waals surface area (Å²) in [6, 6.07) is 16.3. The lowest BCUT2D eigenvalue weighted by molar-refractivity contribution is 0.280. The van der Waals surface area contributed by atoms with Crippen LogP contribution in [0.3, 0.4) is 0 Å². The van der Waals surface area contributed by atoms with Gasteiger partial charge in [0, 0.05) is 11.1 Å². The van der Waals surface area contributed by atoms with E-state index in [-0.39, 0.29) is 21.7 Å². The summed E-state index contributed by atoms with van der Waals surface area (Å²) in [6.07, 6.45) is 2.03. The number of hydrogen-bond acceptors (Lipinski definition) is 3. The van der Waals surface area contributed by atoms with Gasteiger partial charge in [-0.25, -0.2) is 0 Å².